The second kappa shape index (κ2) is 4.51. The van der Waals surface area contributed by atoms with Gasteiger partial charge in [0.25, 0.3) is 0 Å². The molecule has 1 aromatic rings. The van der Waals surface area contributed by atoms with Crippen molar-refractivity contribution in [3.63, 3.8) is 0 Å². The summed E-state index contributed by atoms with van der Waals surface area (Å²) in [5.74, 6) is -0.0327. The molecular weight excluding hydrogens is 328 g/mol. The number of ether oxygens (including phenoxy) is 2. The molecule has 0 radical (unpaired) electrons. The van der Waals surface area contributed by atoms with Crippen LogP contribution in [0.2, 0.25) is 5.02 Å². The first-order chi connectivity index (χ1) is 11.5. The molecule has 0 aliphatic carbocycles. The summed E-state index contributed by atoms with van der Waals surface area (Å²) in [7, 11) is 0. The molecule has 5 rings (SSSR count). The molecule has 0 N–H and O–H groups in total. The fraction of sp³-hybridized carbons (Fsp3) is 0.556. The van der Waals surface area contributed by atoms with Gasteiger partial charge in [0.15, 0.2) is 0 Å². The van der Waals surface area contributed by atoms with Crippen LogP contribution in [0.15, 0.2) is 18.2 Å². The van der Waals surface area contributed by atoms with Crippen LogP contribution in [0.25, 0.3) is 0 Å². The molecule has 5 atom stereocenters. The van der Waals surface area contributed by atoms with E-state index in [2.05, 4.69) is 13.0 Å². The minimum Gasteiger partial charge on any atom is -0.367 e. The molecule has 4 fully saturated rings. The number of benzene rings is 1. The third-order valence-corrected chi connectivity index (χ3v) is 6.65. The highest BCUT2D eigenvalue weighted by atomic mass is 35.5. The summed E-state index contributed by atoms with van der Waals surface area (Å²) >= 11 is 6.18. The number of rotatable bonds is 1. The van der Waals surface area contributed by atoms with Crippen molar-refractivity contribution in [2.75, 3.05) is 11.5 Å². The number of nitriles is 1. The van der Waals surface area contributed by atoms with Gasteiger partial charge in [-0.05, 0) is 38.0 Å². The van der Waals surface area contributed by atoms with Crippen molar-refractivity contribution in [2.45, 2.75) is 43.6 Å². The van der Waals surface area contributed by atoms with Gasteiger partial charge >= 0.3 is 0 Å². The Morgan fingerprint density at radius 2 is 2.21 bits per heavy atom. The summed E-state index contributed by atoms with van der Waals surface area (Å²) in [6, 6.07) is 7.17. The predicted molar refractivity (Wildman–Crippen MR) is 86.4 cm³/mol. The van der Waals surface area contributed by atoms with Gasteiger partial charge in [-0.2, -0.15) is 5.26 Å². The number of carbonyl (C=O) groups is 1. The molecule has 1 amide bonds. The molecule has 4 heterocycles. The van der Waals surface area contributed by atoms with Crippen LogP contribution in [0.3, 0.4) is 0 Å². The van der Waals surface area contributed by atoms with Crippen molar-refractivity contribution >= 4 is 23.2 Å². The van der Waals surface area contributed by atoms with Crippen molar-refractivity contribution in [3.8, 4) is 6.07 Å². The van der Waals surface area contributed by atoms with Crippen LogP contribution in [0.4, 0.5) is 5.69 Å². The number of amides is 1. The van der Waals surface area contributed by atoms with Gasteiger partial charge in [0, 0.05) is 18.0 Å². The highest BCUT2D eigenvalue weighted by molar-refractivity contribution is 6.32. The summed E-state index contributed by atoms with van der Waals surface area (Å²) in [6.45, 7) is 2.66. The Morgan fingerprint density at radius 3 is 2.96 bits per heavy atom. The number of carbonyl (C=O) groups excluding carboxylic acids is 1. The summed E-state index contributed by atoms with van der Waals surface area (Å²) in [5, 5.41) is 9.41. The molecule has 1 spiro atoms. The average molecular weight is 345 g/mol. The second-order valence-corrected chi connectivity index (χ2v) is 7.89. The topological polar surface area (TPSA) is 62.6 Å². The van der Waals surface area contributed by atoms with E-state index in [0.717, 1.165) is 19.3 Å². The fourth-order valence-corrected chi connectivity index (χ4v) is 5.55. The number of hydrogen-bond donors (Lipinski definition) is 0. The molecule has 24 heavy (non-hydrogen) atoms. The molecule has 0 aromatic heterocycles. The van der Waals surface area contributed by atoms with E-state index in [1.165, 1.54) is 0 Å². The zero-order chi connectivity index (χ0) is 16.7. The van der Waals surface area contributed by atoms with E-state index in [-0.39, 0.29) is 29.6 Å². The predicted octanol–water partition coefficient (Wildman–Crippen LogP) is 2.86. The first-order valence-corrected chi connectivity index (χ1v) is 8.71. The van der Waals surface area contributed by atoms with Gasteiger partial charge in [0.1, 0.15) is 12.3 Å². The SMILES string of the molecule is CC12CCC3(CCOC4[C@@H]3[C@@H]1C(=O)N4c1ccc(C#N)c(Cl)c1)O2. The third-order valence-electron chi connectivity index (χ3n) is 6.34. The van der Waals surface area contributed by atoms with Gasteiger partial charge in [0.05, 0.1) is 34.3 Å². The summed E-state index contributed by atoms with van der Waals surface area (Å²) in [5.41, 5.74) is 0.495. The van der Waals surface area contributed by atoms with Crippen molar-refractivity contribution in [3.05, 3.63) is 28.8 Å². The summed E-state index contributed by atoms with van der Waals surface area (Å²) in [4.78, 5) is 15.0. The fourth-order valence-electron chi connectivity index (χ4n) is 5.33. The maximum absolute atomic E-state index is 13.2. The quantitative estimate of drug-likeness (QED) is 0.786. The number of hydrogen-bond acceptors (Lipinski definition) is 4. The molecule has 0 saturated carbocycles. The van der Waals surface area contributed by atoms with Crippen LogP contribution < -0.4 is 4.90 Å². The van der Waals surface area contributed by atoms with Crippen LogP contribution >= 0.6 is 11.6 Å². The second-order valence-electron chi connectivity index (χ2n) is 7.48. The lowest BCUT2D eigenvalue weighted by Crippen LogP contribution is -2.51. The van der Waals surface area contributed by atoms with Crippen LogP contribution in [0.1, 0.15) is 31.7 Å². The van der Waals surface area contributed by atoms with Crippen molar-refractivity contribution in [1.29, 1.82) is 5.26 Å². The van der Waals surface area contributed by atoms with Crippen molar-refractivity contribution in [2.24, 2.45) is 11.8 Å². The zero-order valence-corrected chi connectivity index (χ0v) is 14.0. The maximum Gasteiger partial charge on any atom is 0.235 e. The monoisotopic (exact) mass is 344 g/mol. The molecule has 3 unspecified atom stereocenters. The molecule has 6 heteroatoms. The van der Waals surface area contributed by atoms with Crippen molar-refractivity contribution in [1.82, 2.24) is 0 Å². The molecule has 4 aliphatic heterocycles. The minimum atomic E-state index is -0.390. The largest absolute Gasteiger partial charge is 0.367 e. The van der Waals surface area contributed by atoms with Crippen LogP contribution in [-0.4, -0.2) is 29.9 Å². The lowest BCUT2D eigenvalue weighted by molar-refractivity contribution is -0.139. The van der Waals surface area contributed by atoms with E-state index >= 15 is 0 Å². The lowest BCUT2D eigenvalue weighted by atomic mass is 9.66. The number of nitrogens with zero attached hydrogens (tertiary/aromatic N) is 2. The Bertz CT molecular complexity index is 802. The first-order valence-electron chi connectivity index (χ1n) is 8.34. The standard InChI is InChI=1S/C18H17ClN2O3/c1-17-4-5-18(24-17)6-7-23-16-14(18)13(17)15(22)21(16)11-3-2-10(9-20)12(19)8-11/h2-3,8,13-14,16H,4-7H2,1H3/t13-,14+,16?,17?,18?/m1/s1. The number of fused-ring (bicyclic) bond motifs is 2. The minimum absolute atomic E-state index is 0.0525. The van der Waals surface area contributed by atoms with E-state index in [1.807, 2.05) is 0 Å². The Balaban J connectivity index is 1.61. The highest BCUT2D eigenvalue weighted by Crippen LogP contribution is 2.65. The molecule has 2 bridgehead atoms. The average Bonchev–Trinajstić information content (AvgIpc) is 3.14. The van der Waals surface area contributed by atoms with Crippen LogP contribution in [-0.2, 0) is 14.3 Å². The Morgan fingerprint density at radius 1 is 1.38 bits per heavy atom. The normalized spacial score (nSPS) is 42.3. The van der Waals surface area contributed by atoms with Gasteiger partial charge in [0.2, 0.25) is 5.91 Å². The smallest absolute Gasteiger partial charge is 0.235 e. The Kier molecular flexibility index (Phi) is 2.77. The van der Waals surface area contributed by atoms with Crippen LogP contribution in [0.5, 0.6) is 0 Å². The van der Waals surface area contributed by atoms with Gasteiger partial charge in [-0.15, -0.1) is 0 Å². The Labute approximate surface area is 145 Å². The summed E-state index contributed by atoms with van der Waals surface area (Å²) < 4.78 is 12.4. The molecule has 1 aromatic carbocycles. The summed E-state index contributed by atoms with van der Waals surface area (Å²) in [6.07, 6.45) is 2.48. The van der Waals surface area contributed by atoms with Gasteiger partial charge < -0.3 is 9.47 Å². The van der Waals surface area contributed by atoms with E-state index in [1.54, 1.807) is 23.1 Å². The highest BCUT2D eigenvalue weighted by Gasteiger charge is 2.75. The third kappa shape index (κ3) is 1.59. The van der Waals surface area contributed by atoms with Crippen molar-refractivity contribution < 1.29 is 14.3 Å². The van der Waals surface area contributed by atoms with E-state index in [9.17, 15) is 4.79 Å². The van der Waals surface area contributed by atoms with E-state index in [4.69, 9.17) is 26.3 Å². The molecule has 4 aliphatic rings. The van der Waals surface area contributed by atoms with E-state index < -0.39 is 5.60 Å². The number of anilines is 1. The number of halogens is 1. The maximum atomic E-state index is 13.2. The zero-order valence-electron chi connectivity index (χ0n) is 13.3. The van der Waals surface area contributed by atoms with Gasteiger partial charge in [-0.3, -0.25) is 9.69 Å². The van der Waals surface area contributed by atoms with Gasteiger partial charge in [-0.1, -0.05) is 11.6 Å². The molecule has 4 saturated heterocycles. The van der Waals surface area contributed by atoms with E-state index in [0.29, 0.717) is 22.9 Å². The first kappa shape index (κ1) is 14.7. The molecule has 5 nitrogen and oxygen atoms in total. The van der Waals surface area contributed by atoms with Gasteiger partial charge in [-0.25, -0.2) is 0 Å². The van der Waals surface area contributed by atoms with Crippen LogP contribution in [0, 0.1) is 23.2 Å². The Hall–Kier alpha value is -1.61. The lowest BCUT2D eigenvalue weighted by Gasteiger charge is -2.41. The molecular formula is C18H17ClN2O3. The molecule has 124 valence electrons.